The zero-order valence-corrected chi connectivity index (χ0v) is 17.3. The Kier molecular flexibility index (Phi) is 10.1. The maximum Gasteiger partial charge on any atom is 2.00 e. The fourth-order valence-corrected chi connectivity index (χ4v) is 2.78. The van der Waals surface area contributed by atoms with Crippen molar-refractivity contribution in [1.29, 1.82) is 0 Å². The van der Waals surface area contributed by atoms with E-state index in [2.05, 4.69) is 0 Å². The van der Waals surface area contributed by atoms with E-state index in [0.717, 1.165) is 0 Å². The first-order chi connectivity index (χ1) is 10.1. The molecule has 0 bridgehead atoms. The molecule has 0 fully saturated rings. The number of aliphatic hydroxyl groups excluding tert-OH is 1. The van der Waals surface area contributed by atoms with Crippen molar-refractivity contribution in [3.8, 4) is 5.75 Å². The Hall–Kier alpha value is -0.376. The first kappa shape index (κ1) is 25.9. The zero-order valence-electron chi connectivity index (χ0n) is 15.5. The van der Waals surface area contributed by atoms with Crippen molar-refractivity contribution < 1.29 is 41.1 Å². The van der Waals surface area contributed by atoms with Crippen molar-refractivity contribution in [2.24, 2.45) is 0 Å². The molecule has 0 aliphatic rings. The minimum atomic E-state index is -4.63. The third-order valence-electron chi connectivity index (χ3n) is 3.16. The molecule has 5 nitrogen and oxygen atoms in total. The number of hydrogen-bond donors (Lipinski definition) is 2. The summed E-state index contributed by atoms with van der Waals surface area (Å²) in [6, 6.07) is 3.24. The van der Waals surface area contributed by atoms with Crippen LogP contribution in [0.3, 0.4) is 0 Å². The molecule has 0 aromatic heterocycles. The van der Waals surface area contributed by atoms with E-state index in [1.165, 1.54) is 0 Å². The van der Waals surface area contributed by atoms with Crippen LogP contribution < -0.4 is 9.79 Å². The van der Waals surface area contributed by atoms with Crippen LogP contribution in [0.1, 0.15) is 65.2 Å². The van der Waals surface area contributed by atoms with Crippen molar-refractivity contribution in [2.75, 3.05) is 6.61 Å². The molecule has 0 atom stereocenters. The molecule has 0 unspecified atom stereocenters. The number of phenolic OH excluding ortho intramolecular Hbond substituents is 1. The van der Waals surface area contributed by atoms with Gasteiger partial charge in [-0.05, 0) is 34.4 Å². The van der Waals surface area contributed by atoms with E-state index in [9.17, 15) is 19.5 Å². The Bertz CT molecular complexity index is 532. The SMILES string of the molecule is CC(C)(C)c1cc(CP(=O)([O-])[O-])cc(C(C)(C)C)c1O.CCO.[Ni+2]. The molecule has 1 rings (SSSR count). The molecule has 24 heavy (non-hydrogen) atoms. The molecule has 0 saturated heterocycles. The van der Waals surface area contributed by atoms with Crippen LogP contribution in [0, 0.1) is 0 Å². The Morgan fingerprint density at radius 2 is 1.29 bits per heavy atom. The van der Waals surface area contributed by atoms with Gasteiger partial charge in [-0.3, -0.25) is 0 Å². The normalized spacial score (nSPS) is 12.1. The van der Waals surface area contributed by atoms with Crippen LogP contribution in [0.2, 0.25) is 0 Å². The number of aliphatic hydroxyl groups is 1. The van der Waals surface area contributed by atoms with E-state index in [1.54, 1.807) is 19.1 Å². The summed E-state index contributed by atoms with van der Waals surface area (Å²) in [5.41, 5.74) is 1.08. The van der Waals surface area contributed by atoms with Crippen molar-refractivity contribution in [3.63, 3.8) is 0 Å². The summed E-state index contributed by atoms with van der Waals surface area (Å²) < 4.78 is 11.0. The van der Waals surface area contributed by atoms with Crippen LogP contribution in [0.4, 0.5) is 0 Å². The maximum absolute atomic E-state index is 11.0. The van der Waals surface area contributed by atoms with Gasteiger partial charge >= 0.3 is 16.5 Å². The van der Waals surface area contributed by atoms with Gasteiger partial charge in [-0.2, -0.15) is 0 Å². The average molecular weight is 403 g/mol. The van der Waals surface area contributed by atoms with Crippen molar-refractivity contribution in [2.45, 2.75) is 65.5 Å². The second-order valence-electron chi connectivity index (χ2n) is 7.62. The first-order valence-corrected chi connectivity index (χ1v) is 9.35. The third-order valence-corrected chi connectivity index (χ3v) is 3.91. The number of phenols is 1. The number of hydrogen-bond acceptors (Lipinski definition) is 5. The fraction of sp³-hybridized carbons (Fsp3) is 0.647. The van der Waals surface area contributed by atoms with E-state index in [0.29, 0.717) is 16.7 Å². The summed E-state index contributed by atoms with van der Waals surface area (Å²) in [6.45, 7) is 13.6. The molecular formula is C17H29NiO5P. The minimum Gasteiger partial charge on any atom is -0.810 e. The molecule has 1 aromatic rings. The molecule has 0 aliphatic carbocycles. The van der Waals surface area contributed by atoms with E-state index in [4.69, 9.17) is 5.11 Å². The predicted octanol–water partition coefficient (Wildman–Crippen LogP) is 2.40. The average Bonchev–Trinajstić information content (AvgIpc) is 2.27. The van der Waals surface area contributed by atoms with Gasteiger partial charge in [0.05, 0.1) is 0 Å². The van der Waals surface area contributed by atoms with Gasteiger partial charge in [0.25, 0.3) is 0 Å². The van der Waals surface area contributed by atoms with Crippen LogP contribution >= 0.6 is 7.60 Å². The second-order valence-corrected chi connectivity index (χ2v) is 9.16. The molecule has 0 spiro atoms. The van der Waals surface area contributed by atoms with Gasteiger partial charge in [0, 0.05) is 12.8 Å². The molecule has 7 heteroatoms. The predicted molar refractivity (Wildman–Crippen MR) is 89.6 cm³/mol. The van der Waals surface area contributed by atoms with Gasteiger partial charge < -0.3 is 24.6 Å². The molecular weight excluding hydrogens is 374 g/mol. The van der Waals surface area contributed by atoms with Crippen molar-refractivity contribution in [1.82, 2.24) is 0 Å². The third kappa shape index (κ3) is 8.64. The van der Waals surface area contributed by atoms with Gasteiger partial charge in [-0.15, -0.1) is 0 Å². The van der Waals surface area contributed by atoms with Gasteiger partial charge in [0.1, 0.15) is 5.75 Å². The topological polar surface area (TPSA) is 104 Å². The summed E-state index contributed by atoms with van der Waals surface area (Å²) in [4.78, 5) is 22.0. The number of aromatic hydroxyl groups is 1. The van der Waals surface area contributed by atoms with Crippen LogP contribution in [0.15, 0.2) is 12.1 Å². The quantitative estimate of drug-likeness (QED) is 0.583. The van der Waals surface area contributed by atoms with Gasteiger partial charge in [0.15, 0.2) is 0 Å². The summed E-state index contributed by atoms with van der Waals surface area (Å²) in [5, 5.41) is 18.0. The number of rotatable bonds is 2. The van der Waals surface area contributed by atoms with Gasteiger partial charge in [-0.25, -0.2) is 0 Å². The summed E-state index contributed by atoms with van der Waals surface area (Å²) in [5.74, 6) is 0.181. The summed E-state index contributed by atoms with van der Waals surface area (Å²) in [7, 11) is -4.63. The molecule has 0 aliphatic heterocycles. The van der Waals surface area contributed by atoms with Crippen LogP contribution in [-0.4, -0.2) is 16.8 Å². The minimum absolute atomic E-state index is 0. The number of benzene rings is 1. The molecule has 0 radical (unpaired) electrons. The molecule has 0 heterocycles. The summed E-state index contributed by atoms with van der Waals surface area (Å²) >= 11 is 0. The van der Waals surface area contributed by atoms with Gasteiger partial charge in [-0.1, -0.05) is 61.3 Å². The molecule has 0 saturated carbocycles. The Balaban J connectivity index is 0. The zero-order chi connectivity index (χ0) is 18.6. The monoisotopic (exact) mass is 402 g/mol. The molecule has 1 aromatic carbocycles. The maximum atomic E-state index is 11.0. The molecule has 2 N–H and O–H groups in total. The summed E-state index contributed by atoms with van der Waals surface area (Å²) in [6.07, 6.45) is -0.528. The first-order valence-electron chi connectivity index (χ1n) is 7.62. The Morgan fingerprint density at radius 1 is 1.00 bits per heavy atom. The largest absolute Gasteiger partial charge is 2.00 e. The van der Waals surface area contributed by atoms with Crippen molar-refractivity contribution in [3.05, 3.63) is 28.8 Å². The van der Waals surface area contributed by atoms with E-state index < -0.39 is 13.8 Å². The van der Waals surface area contributed by atoms with Gasteiger partial charge in [0.2, 0.25) is 0 Å². The van der Waals surface area contributed by atoms with Crippen LogP contribution in [-0.2, 0) is 38.0 Å². The molecule has 0 amide bonds. The van der Waals surface area contributed by atoms with Crippen LogP contribution in [0.25, 0.3) is 0 Å². The van der Waals surface area contributed by atoms with Crippen LogP contribution in [0.5, 0.6) is 5.75 Å². The van der Waals surface area contributed by atoms with E-state index >= 15 is 0 Å². The smallest absolute Gasteiger partial charge is 0.810 e. The standard InChI is InChI=1S/C15H25O4P.C2H6O.Ni/c1-14(2,3)11-7-10(9-20(17,18)19)8-12(13(11)16)15(4,5)6;1-2-3;/h7-8,16H,9H2,1-6H3,(H2,17,18,19);3H,2H2,1H3;/q;;+2/p-2. The van der Waals surface area contributed by atoms with E-state index in [-0.39, 0.29) is 39.7 Å². The Labute approximate surface area is 155 Å². The molecule has 142 valence electrons. The fourth-order valence-electron chi connectivity index (χ4n) is 2.15. The van der Waals surface area contributed by atoms with E-state index in [1.807, 2.05) is 41.5 Å². The van der Waals surface area contributed by atoms with Crippen molar-refractivity contribution >= 4 is 7.60 Å². The second kappa shape index (κ2) is 9.36. The Morgan fingerprint density at radius 3 is 1.50 bits per heavy atom.